The van der Waals surface area contributed by atoms with Crippen molar-refractivity contribution in [3.05, 3.63) is 16.0 Å². The molecule has 1 aromatic heterocycles. The number of rotatable bonds is 2. The van der Waals surface area contributed by atoms with Crippen LogP contribution >= 0.6 is 0 Å². The fraction of sp³-hybridized carbons (Fsp3) is 0.700. The van der Waals surface area contributed by atoms with Gasteiger partial charge in [0, 0.05) is 6.54 Å². The fourth-order valence-corrected chi connectivity index (χ4v) is 4.10. The molecule has 1 aromatic rings. The van der Waals surface area contributed by atoms with Crippen LogP contribution in [0, 0.1) is 6.92 Å². The monoisotopic (exact) mass is 259 g/mol. The van der Waals surface area contributed by atoms with E-state index in [4.69, 9.17) is 5.73 Å². The Morgan fingerprint density at radius 1 is 1.47 bits per heavy atom. The maximum atomic E-state index is 12.0. The second-order valence-electron chi connectivity index (χ2n) is 4.42. The first-order valence-electron chi connectivity index (χ1n) is 5.65. The van der Waals surface area contributed by atoms with Gasteiger partial charge in [-0.1, -0.05) is 0 Å². The Morgan fingerprint density at radius 3 is 2.59 bits per heavy atom. The first-order chi connectivity index (χ1) is 7.87. The molecule has 1 aliphatic rings. The van der Waals surface area contributed by atoms with Crippen molar-refractivity contribution in [3.8, 4) is 0 Å². The van der Waals surface area contributed by atoms with Crippen LogP contribution in [0.25, 0.3) is 0 Å². The van der Waals surface area contributed by atoms with Gasteiger partial charge in [-0.2, -0.15) is 0 Å². The fourth-order valence-electron chi connectivity index (χ4n) is 2.41. The standard InChI is InChI=1S/C10H17N3O3S/c1-3-12-7(2)9(11)10(14)13(12)8-4-5-17(15,16)6-8/h8H,3-6,11H2,1-2H3. The number of hydrogen-bond donors (Lipinski definition) is 1. The van der Waals surface area contributed by atoms with Crippen LogP contribution in [0.15, 0.2) is 4.79 Å². The molecule has 6 nitrogen and oxygen atoms in total. The van der Waals surface area contributed by atoms with Gasteiger partial charge in [0.15, 0.2) is 9.84 Å². The second-order valence-corrected chi connectivity index (χ2v) is 6.65. The molecule has 0 spiro atoms. The summed E-state index contributed by atoms with van der Waals surface area (Å²) in [5.41, 5.74) is 6.37. The summed E-state index contributed by atoms with van der Waals surface area (Å²) >= 11 is 0. The third-order valence-electron chi connectivity index (χ3n) is 3.33. The molecular weight excluding hydrogens is 242 g/mol. The predicted octanol–water partition coefficient (Wildman–Crippen LogP) is -0.0801. The van der Waals surface area contributed by atoms with E-state index in [1.54, 1.807) is 11.6 Å². The van der Waals surface area contributed by atoms with Gasteiger partial charge >= 0.3 is 0 Å². The molecule has 1 atom stereocenters. The molecule has 0 radical (unpaired) electrons. The summed E-state index contributed by atoms with van der Waals surface area (Å²) in [6.45, 7) is 4.29. The largest absolute Gasteiger partial charge is 0.393 e. The molecule has 2 rings (SSSR count). The van der Waals surface area contributed by atoms with Gasteiger partial charge in [-0.15, -0.1) is 0 Å². The number of nitrogens with zero attached hydrogens (tertiary/aromatic N) is 2. The summed E-state index contributed by atoms with van der Waals surface area (Å²) in [4.78, 5) is 12.0. The third-order valence-corrected chi connectivity index (χ3v) is 5.08. The Balaban J connectivity index is 2.54. The molecule has 2 N–H and O–H groups in total. The highest BCUT2D eigenvalue weighted by molar-refractivity contribution is 7.91. The van der Waals surface area contributed by atoms with Crippen molar-refractivity contribution in [1.29, 1.82) is 0 Å². The summed E-state index contributed by atoms with van der Waals surface area (Å²) in [7, 11) is -3.00. The van der Waals surface area contributed by atoms with E-state index in [0.29, 0.717) is 18.7 Å². The van der Waals surface area contributed by atoms with Gasteiger partial charge in [0.1, 0.15) is 5.69 Å². The Bertz CT molecular complexity index is 597. The highest BCUT2D eigenvalue weighted by atomic mass is 32.2. The van der Waals surface area contributed by atoms with Gasteiger partial charge in [-0.05, 0) is 20.3 Å². The van der Waals surface area contributed by atoms with Crippen LogP contribution in [-0.2, 0) is 16.4 Å². The van der Waals surface area contributed by atoms with Crippen LogP contribution in [0.3, 0.4) is 0 Å². The van der Waals surface area contributed by atoms with Crippen LogP contribution in [0.1, 0.15) is 25.1 Å². The average molecular weight is 259 g/mol. The first-order valence-corrected chi connectivity index (χ1v) is 7.47. The van der Waals surface area contributed by atoms with E-state index in [2.05, 4.69) is 0 Å². The molecule has 1 unspecified atom stereocenters. The molecular formula is C10H17N3O3S. The Morgan fingerprint density at radius 2 is 2.12 bits per heavy atom. The zero-order valence-electron chi connectivity index (χ0n) is 10.0. The van der Waals surface area contributed by atoms with Crippen molar-refractivity contribution in [3.63, 3.8) is 0 Å². The van der Waals surface area contributed by atoms with Crippen molar-refractivity contribution < 1.29 is 8.42 Å². The van der Waals surface area contributed by atoms with Crippen LogP contribution in [0.4, 0.5) is 5.69 Å². The van der Waals surface area contributed by atoms with Gasteiger partial charge in [0.05, 0.1) is 23.2 Å². The van der Waals surface area contributed by atoms with E-state index in [-0.39, 0.29) is 28.8 Å². The van der Waals surface area contributed by atoms with Crippen LogP contribution in [0.5, 0.6) is 0 Å². The van der Waals surface area contributed by atoms with Gasteiger partial charge in [-0.3, -0.25) is 9.48 Å². The molecule has 96 valence electrons. The molecule has 0 aromatic carbocycles. The summed E-state index contributed by atoms with van der Waals surface area (Å²) < 4.78 is 26.2. The van der Waals surface area contributed by atoms with Gasteiger partial charge in [0.25, 0.3) is 5.56 Å². The maximum absolute atomic E-state index is 12.0. The first kappa shape index (κ1) is 12.2. The van der Waals surface area contributed by atoms with E-state index in [1.807, 2.05) is 6.92 Å². The van der Waals surface area contributed by atoms with Gasteiger partial charge < -0.3 is 5.73 Å². The van der Waals surface area contributed by atoms with E-state index in [9.17, 15) is 13.2 Å². The van der Waals surface area contributed by atoms with Crippen LogP contribution in [0.2, 0.25) is 0 Å². The van der Waals surface area contributed by atoms with E-state index < -0.39 is 9.84 Å². The smallest absolute Gasteiger partial charge is 0.290 e. The van der Waals surface area contributed by atoms with Crippen LogP contribution in [-0.4, -0.2) is 29.3 Å². The average Bonchev–Trinajstić information content (AvgIpc) is 2.71. The third kappa shape index (κ3) is 1.88. The number of hydrogen-bond acceptors (Lipinski definition) is 4. The van der Waals surface area contributed by atoms with Gasteiger partial charge in [-0.25, -0.2) is 13.1 Å². The lowest BCUT2D eigenvalue weighted by Crippen LogP contribution is -2.29. The Hall–Kier alpha value is -1.24. The highest BCUT2D eigenvalue weighted by Crippen LogP contribution is 2.24. The van der Waals surface area contributed by atoms with E-state index in [0.717, 1.165) is 0 Å². The lowest BCUT2D eigenvalue weighted by atomic mass is 10.3. The lowest BCUT2D eigenvalue weighted by Gasteiger charge is -2.16. The SMILES string of the molecule is CCn1c(C)c(N)c(=O)n1C1CCS(=O)(=O)C1. The normalized spacial score (nSPS) is 23.1. The van der Waals surface area contributed by atoms with Crippen molar-refractivity contribution in [2.75, 3.05) is 17.2 Å². The number of nitrogen functional groups attached to an aromatic ring is 1. The van der Waals surface area contributed by atoms with Gasteiger partial charge in [0.2, 0.25) is 0 Å². The van der Waals surface area contributed by atoms with E-state index in [1.165, 1.54) is 4.68 Å². The minimum Gasteiger partial charge on any atom is -0.393 e. The predicted molar refractivity (Wildman–Crippen MR) is 65.8 cm³/mol. The van der Waals surface area contributed by atoms with Crippen LogP contribution < -0.4 is 11.3 Å². The lowest BCUT2D eigenvalue weighted by molar-refractivity contribution is 0.388. The summed E-state index contributed by atoms with van der Waals surface area (Å²) in [5.74, 6) is 0.188. The Labute approximate surface area is 99.9 Å². The molecule has 0 saturated carbocycles. The summed E-state index contributed by atoms with van der Waals surface area (Å²) in [5, 5.41) is 0. The molecule has 2 heterocycles. The highest BCUT2D eigenvalue weighted by Gasteiger charge is 2.32. The maximum Gasteiger partial charge on any atom is 0.290 e. The molecule has 17 heavy (non-hydrogen) atoms. The quantitative estimate of drug-likeness (QED) is 0.804. The Kier molecular flexibility index (Phi) is 2.81. The number of sulfone groups is 1. The molecule has 7 heteroatoms. The van der Waals surface area contributed by atoms with E-state index >= 15 is 0 Å². The molecule has 1 saturated heterocycles. The van der Waals surface area contributed by atoms with Crippen molar-refractivity contribution >= 4 is 15.5 Å². The van der Waals surface area contributed by atoms with Crippen molar-refractivity contribution in [1.82, 2.24) is 9.36 Å². The molecule has 0 amide bonds. The molecule has 1 aliphatic heterocycles. The molecule has 0 aliphatic carbocycles. The number of aromatic nitrogens is 2. The number of nitrogens with two attached hydrogens (primary N) is 1. The topological polar surface area (TPSA) is 87.1 Å². The summed E-state index contributed by atoms with van der Waals surface area (Å²) in [6, 6.07) is -0.275. The molecule has 1 fully saturated rings. The zero-order chi connectivity index (χ0) is 12.8. The van der Waals surface area contributed by atoms with Crippen molar-refractivity contribution in [2.45, 2.75) is 32.9 Å². The summed E-state index contributed by atoms with van der Waals surface area (Å²) in [6.07, 6.45) is 0.491. The minimum absolute atomic E-state index is 0.0375. The van der Waals surface area contributed by atoms with Crippen molar-refractivity contribution in [2.24, 2.45) is 0 Å². The zero-order valence-corrected chi connectivity index (χ0v) is 10.8. The second kappa shape index (κ2) is 3.90. The minimum atomic E-state index is -3.00. The number of anilines is 1. The molecule has 0 bridgehead atoms.